The molecule has 0 aliphatic rings. The first-order chi connectivity index (χ1) is 9.19. The molecule has 19 heavy (non-hydrogen) atoms. The lowest BCUT2D eigenvalue weighted by Crippen LogP contribution is -2.24. The molecule has 2 rings (SSSR count). The van der Waals surface area contributed by atoms with Crippen LogP contribution in [0.5, 0.6) is 0 Å². The normalized spacial score (nSPS) is 12.6. The zero-order valence-electron chi connectivity index (χ0n) is 11.9. The van der Waals surface area contributed by atoms with Crippen LogP contribution in [0.25, 0.3) is 0 Å². The van der Waals surface area contributed by atoms with Gasteiger partial charge < -0.3 is 5.32 Å². The molecule has 2 nitrogen and oxygen atoms in total. The van der Waals surface area contributed by atoms with Crippen molar-refractivity contribution in [3.8, 4) is 0 Å². The second kappa shape index (κ2) is 6.83. The number of nitrogens with zero attached hydrogens (tertiary/aromatic N) is 1. The number of nitrogens with one attached hydrogen (secondary N) is 1. The number of hydrogen-bond donors (Lipinski definition) is 1. The molecular weight excluding hydrogens is 252 g/mol. The monoisotopic (exact) mass is 274 g/mol. The number of thiazole rings is 1. The van der Waals surface area contributed by atoms with E-state index < -0.39 is 0 Å². The molecule has 1 N–H and O–H groups in total. The highest BCUT2D eigenvalue weighted by atomic mass is 32.1. The largest absolute Gasteiger partial charge is 0.308 e. The van der Waals surface area contributed by atoms with E-state index in [9.17, 15) is 0 Å². The van der Waals surface area contributed by atoms with Crippen molar-refractivity contribution < 1.29 is 0 Å². The van der Waals surface area contributed by atoms with E-state index in [0.29, 0.717) is 6.04 Å². The minimum Gasteiger partial charge on any atom is -0.308 e. The van der Waals surface area contributed by atoms with Gasteiger partial charge in [-0.1, -0.05) is 36.8 Å². The van der Waals surface area contributed by atoms with Crippen molar-refractivity contribution >= 4 is 11.3 Å². The van der Waals surface area contributed by atoms with Crippen LogP contribution in [0.2, 0.25) is 0 Å². The Morgan fingerprint density at radius 1 is 1.32 bits per heavy atom. The average molecular weight is 274 g/mol. The Hall–Kier alpha value is -1.19. The van der Waals surface area contributed by atoms with E-state index >= 15 is 0 Å². The Bertz CT molecular complexity index is 519. The predicted octanol–water partition coefficient (Wildman–Crippen LogP) is 4.04. The molecule has 0 aliphatic heterocycles. The van der Waals surface area contributed by atoms with Crippen molar-refractivity contribution in [3.05, 3.63) is 51.5 Å². The van der Waals surface area contributed by atoms with Crippen LogP contribution in [-0.4, -0.2) is 11.5 Å². The van der Waals surface area contributed by atoms with Gasteiger partial charge in [-0.25, -0.2) is 4.98 Å². The van der Waals surface area contributed by atoms with Crippen LogP contribution in [0.4, 0.5) is 0 Å². The first-order valence-corrected chi connectivity index (χ1v) is 7.78. The first kappa shape index (κ1) is 14.2. The standard InChI is InChI=1S/C16H22N2S/c1-4-8-17-15(16-11-19-13(3)18-16)10-14-7-5-6-12(2)9-14/h5-7,9,11,15,17H,4,8,10H2,1-3H3. The minimum atomic E-state index is 0.326. The van der Waals surface area contributed by atoms with Crippen molar-refractivity contribution in [2.75, 3.05) is 6.54 Å². The lowest BCUT2D eigenvalue weighted by Gasteiger charge is -2.17. The summed E-state index contributed by atoms with van der Waals surface area (Å²) in [5.74, 6) is 0. The zero-order valence-corrected chi connectivity index (χ0v) is 12.8. The average Bonchev–Trinajstić information content (AvgIpc) is 2.81. The number of hydrogen-bond acceptors (Lipinski definition) is 3. The van der Waals surface area contributed by atoms with Gasteiger partial charge >= 0.3 is 0 Å². The molecule has 1 aromatic carbocycles. The van der Waals surface area contributed by atoms with Gasteiger partial charge in [-0.15, -0.1) is 11.3 Å². The summed E-state index contributed by atoms with van der Waals surface area (Å²) in [4.78, 5) is 4.64. The van der Waals surface area contributed by atoms with E-state index in [0.717, 1.165) is 24.4 Å². The van der Waals surface area contributed by atoms with E-state index in [4.69, 9.17) is 0 Å². The third-order valence-electron chi connectivity index (χ3n) is 3.16. The second-order valence-electron chi connectivity index (χ2n) is 4.99. The Balaban J connectivity index is 2.13. The first-order valence-electron chi connectivity index (χ1n) is 6.90. The molecule has 1 atom stereocenters. The molecule has 0 amide bonds. The van der Waals surface area contributed by atoms with Gasteiger partial charge in [0.25, 0.3) is 0 Å². The Kier molecular flexibility index (Phi) is 5.11. The number of aromatic nitrogens is 1. The molecule has 0 saturated heterocycles. The maximum Gasteiger partial charge on any atom is 0.0898 e. The summed E-state index contributed by atoms with van der Waals surface area (Å²) in [5.41, 5.74) is 3.87. The predicted molar refractivity (Wildman–Crippen MR) is 82.8 cm³/mol. The fourth-order valence-electron chi connectivity index (χ4n) is 2.21. The van der Waals surface area contributed by atoms with Crippen LogP contribution in [0.15, 0.2) is 29.6 Å². The summed E-state index contributed by atoms with van der Waals surface area (Å²) in [6, 6.07) is 9.07. The molecule has 1 heterocycles. The zero-order chi connectivity index (χ0) is 13.7. The van der Waals surface area contributed by atoms with Gasteiger partial charge in [-0.2, -0.15) is 0 Å². The van der Waals surface area contributed by atoms with Crippen LogP contribution in [0.1, 0.15) is 41.2 Å². The maximum absolute atomic E-state index is 4.64. The Morgan fingerprint density at radius 3 is 2.79 bits per heavy atom. The molecule has 0 bridgehead atoms. The Labute approximate surface area is 119 Å². The van der Waals surface area contributed by atoms with Crippen molar-refractivity contribution in [2.45, 2.75) is 39.7 Å². The van der Waals surface area contributed by atoms with Crippen molar-refractivity contribution in [3.63, 3.8) is 0 Å². The minimum absolute atomic E-state index is 0.326. The highest BCUT2D eigenvalue weighted by Gasteiger charge is 2.14. The van der Waals surface area contributed by atoms with Crippen molar-refractivity contribution in [2.24, 2.45) is 0 Å². The van der Waals surface area contributed by atoms with Gasteiger partial charge in [0.15, 0.2) is 0 Å². The van der Waals surface area contributed by atoms with E-state index in [1.165, 1.54) is 16.8 Å². The lowest BCUT2D eigenvalue weighted by molar-refractivity contribution is 0.519. The molecule has 0 saturated carbocycles. The van der Waals surface area contributed by atoms with E-state index in [1.807, 2.05) is 0 Å². The van der Waals surface area contributed by atoms with Crippen LogP contribution in [-0.2, 0) is 6.42 Å². The smallest absolute Gasteiger partial charge is 0.0898 e. The SMILES string of the molecule is CCCNC(Cc1cccc(C)c1)c1csc(C)n1. The molecule has 2 aromatic rings. The second-order valence-corrected chi connectivity index (χ2v) is 6.05. The highest BCUT2D eigenvalue weighted by molar-refractivity contribution is 7.09. The molecule has 0 aliphatic carbocycles. The summed E-state index contributed by atoms with van der Waals surface area (Å²) in [5, 5.41) is 6.93. The molecule has 0 spiro atoms. The van der Waals surface area contributed by atoms with Crippen molar-refractivity contribution in [1.29, 1.82) is 0 Å². The van der Waals surface area contributed by atoms with Gasteiger partial charge in [0.1, 0.15) is 0 Å². The molecule has 0 fully saturated rings. The van der Waals surface area contributed by atoms with E-state index in [1.54, 1.807) is 11.3 Å². The number of rotatable bonds is 6. The van der Waals surface area contributed by atoms with Crippen LogP contribution in [0.3, 0.4) is 0 Å². The number of aryl methyl sites for hydroxylation is 2. The topological polar surface area (TPSA) is 24.9 Å². The fourth-order valence-corrected chi connectivity index (χ4v) is 2.88. The third kappa shape index (κ3) is 4.15. The maximum atomic E-state index is 4.64. The van der Waals surface area contributed by atoms with E-state index in [-0.39, 0.29) is 0 Å². The fraction of sp³-hybridized carbons (Fsp3) is 0.438. The van der Waals surface area contributed by atoms with Crippen LogP contribution in [0, 0.1) is 13.8 Å². The third-order valence-corrected chi connectivity index (χ3v) is 3.95. The van der Waals surface area contributed by atoms with Gasteiger partial charge in [0.05, 0.1) is 16.7 Å². The summed E-state index contributed by atoms with van der Waals surface area (Å²) in [7, 11) is 0. The van der Waals surface area contributed by atoms with Gasteiger partial charge in [0, 0.05) is 5.38 Å². The molecular formula is C16H22N2S. The van der Waals surface area contributed by atoms with Crippen LogP contribution < -0.4 is 5.32 Å². The Morgan fingerprint density at radius 2 is 2.16 bits per heavy atom. The van der Waals surface area contributed by atoms with Gasteiger partial charge in [0.2, 0.25) is 0 Å². The summed E-state index contributed by atoms with van der Waals surface area (Å²) < 4.78 is 0. The molecule has 1 aromatic heterocycles. The highest BCUT2D eigenvalue weighted by Crippen LogP contribution is 2.21. The van der Waals surface area contributed by atoms with E-state index in [2.05, 4.69) is 60.7 Å². The molecule has 102 valence electrons. The molecule has 0 radical (unpaired) electrons. The number of benzene rings is 1. The van der Waals surface area contributed by atoms with Gasteiger partial charge in [-0.05, 0) is 38.8 Å². The van der Waals surface area contributed by atoms with Crippen LogP contribution >= 0.6 is 11.3 Å². The molecule has 3 heteroatoms. The summed E-state index contributed by atoms with van der Waals surface area (Å²) in [6.07, 6.45) is 2.15. The van der Waals surface area contributed by atoms with Gasteiger partial charge in [-0.3, -0.25) is 0 Å². The summed E-state index contributed by atoms with van der Waals surface area (Å²) >= 11 is 1.73. The summed E-state index contributed by atoms with van der Waals surface area (Å²) in [6.45, 7) is 7.44. The quantitative estimate of drug-likeness (QED) is 0.860. The molecule has 1 unspecified atom stereocenters. The van der Waals surface area contributed by atoms with Crippen molar-refractivity contribution in [1.82, 2.24) is 10.3 Å². The lowest BCUT2D eigenvalue weighted by atomic mass is 10.0.